The summed E-state index contributed by atoms with van der Waals surface area (Å²) in [6.45, 7) is 1.46. The van der Waals surface area contributed by atoms with Gasteiger partial charge in [0.25, 0.3) is 6.01 Å². The van der Waals surface area contributed by atoms with Gasteiger partial charge in [0, 0.05) is 13.1 Å². The number of benzene rings is 1. The van der Waals surface area contributed by atoms with Crippen LogP contribution in [0.4, 0.5) is 6.01 Å². The van der Waals surface area contributed by atoms with Crippen molar-refractivity contribution in [1.82, 2.24) is 4.98 Å². The average molecular weight is 245 g/mol. The van der Waals surface area contributed by atoms with Crippen LogP contribution in [0, 0.1) is 5.92 Å². The summed E-state index contributed by atoms with van der Waals surface area (Å²) in [4.78, 5) is 17.7. The smallest absolute Gasteiger partial charge is 0.298 e. The van der Waals surface area contributed by atoms with Gasteiger partial charge in [-0.2, -0.15) is 4.98 Å². The first kappa shape index (κ1) is 11.1. The SMILES string of the molecule is NC(=O)[C@@H]1CCCN(c2nc3ccccc3o2)C1. The summed E-state index contributed by atoms with van der Waals surface area (Å²) in [5.41, 5.74) is 6.98. The Morgan fingerprint density at radius 3 is 3.06 bits per heavy atom. The van der Waals surface area contributed by atoms with Crippen molar-refractivity contribution in [2.45, 2.75) is 12.8 Å². The Bertz CT molecular complexity index is 545. The Hall–Kier alpha value is -2.04. The monoisotopic (exact) mass is 245 g/mol. The van der Waals surface area contributed by atoms with Gasteiger partial charge in [-0.15, -0.1) is 0 Å². The Morgan fingerprint density at radius 2 is 2.28 bits per heavy atom. The Labute approximate surface area is 105 Å². The van der Waals surface area contributed by atoms with Crippen molar-refractivity contribution in [1.29, 1.82) is 0 Å². The van der Waals surface area contributed by atoms with Crippen molar-refractivity contribution in [3.8, 4) is 0 Å². The molecule has 0 radical (unpaired) electrons. The van der Waals surface area contributed by atoms with Crippen LogP contribution in [0.5, 0.6) is 0 Å². The number of rotatable bonds is 2. The van der Waals surface area contributed by atoms with Gasteiger partial charge in [0.05, 0.1) is 5.92 Å². The van der Waals surface area contributed by atoms with E-state index in [0.29, 0.717) is 12.6 Å². The largest absolute Gasteiger partial charge is 0.423 e. The molecule has 1 aliphatic rings. The summed E-state index contributed by atoms with van der Waals surface area (Å²) in [7, 11) is 0. The molecule has 1 aromatic heterocycles. The molecule has 2 N–H and O–H groups in total. The second-order valence-corrected chi connectivity index (χ2v) is 4.65. The minimum Gasteiger partial charge on any atom is -0.423 e. The number of para-hydroxylation sites is 2. The number of nitrogens with zero attached hydrogens (tertiary/aromatic N) is 2. The average Bonchev–Trinajstić information content (AvgIpc) is 2.82. The van der Waals surface area contributed by atoms with E-state index < -0.39 is 0 Å². The fourth-order valence-corrected chi connectivity index (χ4v) is 2.38. The maximum absolute atomic E-state index is 11.2. The molecule has 0 aliphatic carbocycles. The maximum atomic E-state index is 11.2. The summed E-state index contributed by atoms with van der Waals surface area (Å²) >= 11 is 0. The molecule has 94 valence electrons. The van der Waals surface area contributed by atoms with E-state index in [2.05, 4.69) is 4.98 Å². The minimum atomic E-state index is -0.240. The Morgan fingerprint density at radius 1 is 1.44 bits per heavy atom. The molecule has 0 unspecified atom stereocenters. The molecule has 0 bridgehead atoms. The molecule has 1 aromatic carbocycles. The quantitative estimate of drug-likeness (QED) is 0.870. The molecule has 1 atom stereocenters. The normalized spacial score (nSPS) is 20.2. The highest BCUT2D eigenvalue weighted by molar-refractivity contribution is 5.78. The fraction of sp³-hybridized carbons (Fsp3) is 0.385. The topological polar surface area (TPSA) is 72.4 Å². The lowest BCUT2D eigenvalue weighted by Crippen LogP contribution is -2.41. The van der Waals surface area contributed by atoms with Crippen LogP contribution >= 0.6 is 0 Å². The lowest BCUT2D eigenvalue weighted by molar-refractivity contribution is -0.122. The number of nitrogens with two attached hydrogens (primary N) is 1. The molecule has 2 heterocycles. The predicted molar refractivity (Wildman–Crippen MR) is 68.1 cm³/mol. The van der Waals surface area contributed by atoms with Gasteiger partial charge in [0.2, 0.25) is 5.91 Å². The van der Waals surface area contributed by atoms with E-state index in [1.807, 2.05) is 29.2 Å². The van der Waals surface area contributed by atoms with Crippen molar-refractivity contribution < 1.29 is 9.21 Å². The van der Waals surface area contributed by atoms with Gasteiger partial charge < -0.3 is 15.1 Å². The number of oxazole rings is 1. The number of amides is 1. The zero-order chi connectivity index (χ0) is 12.5. The third-order valence-corrected chi connectivity index (χ3v) is 3.38. The van der Waals surface area contributed by atoms with Crippen LogP contribution in [-0.4, -0.2) is 24.0 Å². The van der Waals surface area contributed by atoms with Gasteiger partial charge in [-0.1, -0.05) is 12.1 Å². The van der Waals surface area contributed by atoms with E-state index in [0.717, 1.165) is 30.5 Å². The third kappa shape index (κ3) is 1.92. The first-order valence-corrected chi connectivity index (χ1v) is 6.14. The van der Waals surface area contributed by atoms with Gasteiger partial charge in [0.1, 0.15) is 5.52 Å². The standard InChI is InChI=1S/C13H15N3O2/c14-12(17)9-4-3-7-16(8-9)13-15-10-5-1-2-6-11(10)18-13/h1-2,5-6,9H,3-4,7-8H2,(H2,14,17)/t9-/m1/s1. The number of hydrogen-bond acceptors (Lipinski definition) is 4. The number of primary amides is 1. The van der Waals surface area contributed by atoms with E-state index in [9.17, 15) is 4.79 Å². The highest BCUT2D eigenvalue weighted by Gasteiger charge is 2.26. The van der Waals surface area contributed by atoms with Crippen LogP contribution in [0.25, 0.3) is 11.1 Å². The molecule has 0 spiro atoms. The van der Waals surface area contributed by atoms with Gasteiger partial charge in [0.15, 0.2) is 5.58 Å². The zero-order valence-corrected chi connectivity index (χ0v) is 10.0. The lowest BCUT2D eigenvalue weighted by Gasteiger charge is -2.29. The second-order valence-electron chi connectivity index (χ2n) is 4.65. The van der Waals surface area contributed by atoms with Crippen LogP contribution in [0.2, 0.25) is 0 Å². The molecule has 1 fully saturated rings. The number of aromatic nitrogens is 1. The number of carbonyl (C=O) groups excluding carboxylic acids is 1. The molecule has 5 heteroatoms. The van der Waals surface area contributed by atoms with Crippen LogP contribution in [-0.2, 0) is 4.79 Å². The van der Waals surface area contributed by atoms with Crippen LogP contribution in [0.1, 0.15) is 12.8 Å². The summed E-state index contributed by atoms with van der Waals surface area (Å²) < 4.78 is 5.70. The summed E-state index contributed by atoms with van der Waals surface area (Å²) in [6, 6.07) is 8.23. The number of hydrogen-bond donors (Lipinski definition) is 1. The summed E-state index contributed by atoms with van der Waals surface area (Å²) in [5.74, 6) is -0.343. The van der Waals surface area contributed by atoms with E-state index in [-0.39, 0.29) is 11.8 Å². The minimum absolute atomic E-state index is 0.103. The third-order valence-electron chi connectivity index (χ3n) is 3.38. The maximum Gasteiger partial charge on any atom is 0.298 e. The number of piperidine rings is 1. The van der Waals surface area contributed by atoms with Crippen LogP contribution in [0.3, 0.4) is 0 Å². The molecular formula is C13H15N3O2. The van der Waals surface area contributed by atoms with Gasteiger partial charge in [-0.3, -0.25) is 4.79 Å². The van der Waals surface area contributed by atoms with E-state index in [1.165, 1.54) is 0 Å². The second kappa shape index (κ2) is 4.33. The number of carbonyl (C=O) groups is 1. The number of fused-ring (bicyclic) bond motifs is 1. The van der Waals surface area contributed by atoms with Crippen molar-refractivity contribution >= 4 is 23.0 Å². The van der Waals surface area contributed by atoms with Crippen LogP contribution < -0.4 is 10.6 Å². The highest BCUT2D eigenvalue weighted by atomic mass is 16.4. The predicted octanol–water partition coefficient (Wildman–Crippen LogP) is 1.53. The van der Waals surface area contributed by atoms with Crippen molar-refractivity contribution in [2.75, 3.05) is 18.0 Å². The van der Waals surface area contributed by atoms with Gasteiger partial charge in [-0.05, 0) is 25.0 Å². The highest BCUT2D eigenvalue weighted by Crippen LogP contribution is 2.26. The van der Waals surface area contributed by atoms with Crippen molar-refractivity contribution in [3.05, 3.63) is 24.3 Å². The summed E-state index contributed by atoms with van der Waals surface area (Å²) in [6.07, 6.45) is 1.79. The van der Waals surface area contributed by atoms with Crippen molar-refractivity contribution in [2.24, 2.45) is 11.7 Å². The first-order chi connectivity index (χ1) is 8.74. The molecule has 1 aliphatic heterocycles. The molecular weight excluding hydrogens is 230 g/mol. The Balaban J connectivity index is 1.87. The van der Waals surface area contributed by atoms with E-state index in [4.69, 9.17) is 10.2 Å². The first-order valence-electron chi connectivity index (χ1n) is 6.14. The number of anilines is 1. The molecule has 2 aromatic rings. The molecule has 1 saturated heterocycles. The van der Waals surface area contributed by atoms with E-state index in [1.54, 1.807) is 0 Å². The molecule has 3 rings (SSSR count). The van der Waals surface area contributed by atoms with E-state index >= 15 is 0 Å². The fourth-order valence-electron chi connectivity index (χ4n) is 2.38. The van der Waals surface area contributed by atoms with Crippen molar-refractivity contribution in [3.63, 3.8) is 0 Å². The molecule has 18 heavy (non-hydrogen) atoms. The zero-order valence-electron chi connectivity index (χ0n) is 10.0. The Kier molecular flexibility index (Phi) is 2.66. The molecule has 5 nitrogen and oxygen atoms in total. The van der Waals surface area contributed by atoms with Gasteiger partial charge >= 0.3 is 0 Å². The molecule has 1 amide bonds. The van der Waals surface area contributed by atoms with Gasteiger partial charge in [-0.25, -0.2) is 0 Å². The lowest BCUT2D eigenvalue weighted by atomic mass is 9.98. The van der Waals surface area contributed by atoms with Crippen LogP contribution in [0.15, 0.2) is 28.7 Å². The summed E-state index contributed by atoms with van der Waals surface area (Å²) in [5, 5.41) is 0. The molecule has 0 saturated carbocycles.